The maximum absolute atomic E-state index is 13.7. The number of anilines is 1. The Hall–Kier alpha value is -4.40. The van der Waals surface area contributed by atoms with E-state index in [-0.39, 0.29) is 5.56 Å². The highest BCUT2D eigenvalue weighted by atomic mass is 19.4. The number of imide groups is 1. The molecule has 0 saturated carbocycles. The summed E-state index contributed by atoms with van der Waals surface area (Å²) in [6.07, 6.45) is -5.92. The molecule has 2 aromatic rings. The predicted octanol–water partition coefficient (Wildman–Crippen LogP) is 3.28. The molecule has 1 saturated heterocycles. The van der Waals surface area contributed by atoms with Gasteiger partial charge in [-0.3, -0.25) is 14.4 Å². The minimum Gasteiger partial charge on any atom is -0.481 e. The molecule has 12 heteroatoms. The summed E-state index contributed by atoms with van der Waals surface area (Å²) < 4.78 is 45.6. The van der Waals surface area contributed by atoms with Crippen LogP contribution in [0.15, 0.2) is 48.5 Å². The van der Waals surface area contributed by atoms with E-state index in [1.165, 1.54) is 25.2 Å². The number of carbonyl (C=O) groups is 4. The normalized spacial score (nSPS) is 17.9. The Bertz CT molecular complexity index is 1230. The number of aliphatic carboxylic acids is 1. The van der Waals surface area contributed by atoms with Crippen LogP contribution < -0.4 is 4.90 Å². The SMILES string of the molecule is CN1C(=O)N(c2ccc(C#N)c(C(F)(F)F)c2)C(=O)[C@@]1(COC(=O)CCC(=O)O)c1ccccc1. The maximum Gasteiger partial charge on any atom is 0.417 e. The molecule has 35 heavy (non-hydrogen) atoms. The number of halogens is 3. The van der Waals surface area contributed by atoms with E-state index in [0.717, 1.165) is 17.0 Å². The van der Waals surface area contributed by atoms with Gasteiger partial charge in [0.25, 0.3) is 5.91 Å². The quantitative estimate of drug-likeness (QED) is 0.467. The Kier molecular flexibility index (Phi) is 6.82. The van der Waals surface area contributed by atoms with Crippen molar-refractivity contribution >= 4 is 29.6 Å². The van der Waals surface area contributed by atoms with Crippen molar-refractivity contribution in [1.82, 2.24) is 4.90 Å². The zero-order chi connectivity index (χ0) is 26.0. The van der Waals surface area contributed by atoms with Crippen LogP contribution in [0.5, 0.6) is 0 Å². The number of hydrogen-bond acceptors (Lipinski definition) is 6. The molecule has 0 aliphatic carbocycles. The van der Waals surface area contributed by atoms with E-state index in [1.807, 2.05) is 0 Å². The minimum atomic E-state index is -4.92. The number of nitrogens with zero attached hydrogens (tertiary/aromatic N) is 3. The molecule has 1 aliphatic heterocycles. The van der Waals surface area contributed by atoms with Crippen molar-refractivity contribution in [3.05, 3.63) is 65.2 Å². The van der Waals surface area contributed by atoms with Gasteiger partial charge in [-0.05, 0) is 23.8 Å². The number of likely N-dealkylation sites (N-methyl/N-ethyl adjacent to an activating group) is 1. The summed E-state index contributed by atoms with van der Waals surface area (Å²) in [5, 5.41) is 17.8. The molecular formula is C23H18F3N3O6. The molecule has 3 rings (SSSR count). The molecule has 1 fully saturated rings. The standard InChI is InChI=1S/C23H18F3N3O6/c1-28-21(34)29(16-8-7-14(12-27)17(11-16)23(24,25)26)20(33)22(28,15-5-3-2-4-6-15)13-35-19(32)10-9-18(30)31/h2-8,11H,9-10,13H2,1H3,(H,30,31)/t22-/m1/s1. The second-order valence-corrected chi connectivity index (χ2v) is 7.60. The van der Waals surface area contributed by atoms with Crippen LogP contribution in [0.2, 0.25) is 0 Å². The van der Waals surface area contributed by atoms with Crippen LogP contribution in [0.1, 0.15) is 29.5 Å². The summed E-state index contributed by atoms with van der Waals surface area (Å²) in [7, 11) is 1.23. The van der Waals surface area contributed by atoms with Gasteiger partial charge in [0, 0.05) is 7.05 Å². The van der Waals surface area contributed by atoms with Crippen molar-refractivity contribution < 1.29 is 42.2 Å². The van der Waals surface area contributed by atoms with Gasteiger partial charge in [-0.25, -0.2) is 9.69 Å². The fourth-order valence-electron chi connectivity index (χ4n) is 3.70. The first-order valence-corrected chi connectivity index (χ1v) is 10.1. The summed E-state index contributed by atoms with van der Waals surface area (Å²) in [6, 6.07) is 10.6. The van der Waals surface area contributed by atoms with E-state index in [0.29, 0.717) is 11.0 Å². The van der Waals surface area contributed by atoms with Gasteiger partial charge in [0.1, 0.15) is 6.61 Å². The topological polar surface area (TPSA) is 128 Å². The summed E-state index contributed by atoms with van der Waals surface area (Å²) in [5.41, 5.74) is -4.13. The average molecular weight is 489 g/mol. The summed E-state index contributed by atoms with van der Waals surface area (Å²) in [4.78, 5) is 51.1. The molecule has 0 radical (unpaired) electrons. The second kappa shape index (κ2) is 9.46. The molecule has 0 unspecified atom stereocenters. The molecule has 2 aromatic carbocycles. The molecular weight excluding hydrogens is 471 g/mol. The molecule has 1 aliphatic rings. The lowest BCUT2D eigenvalue weighted by molar-refractivity contribution is -0.152. The van der Waals surface area contributed by atoms with E-state index in [1.54, 1.807) is 18.2 Å². The van der Waals surface area contributed by atoms with E-state index < -0.39 is 71.9 Å². The largest absolute Gasteiger partial charge is 0.481 e. The van der Waals surface area contributed by atoms with Gasteiger partial charge in [-0.2, -0.15) is 18.4 Å². The van der Waals surface area contributed by atoms with Crippen LogP contribution in [-0.2, 0) is 30.8 Å². The Morgan fingerprint density at radius 2 is 1.77 bits per heavy atom. The number of carboxylic acid groups (broad SMARTS) is 1. The van der Waals surface area contributed by atoms with Gasteiger partial charge in [0.2, 0.25) is 0 Å². The zero-order valence-electron chi connectivity index (χ0n) is 18.2. The molecule has 0 bridgehead atoms. The summed E-state index contributed by atoms with van der Waals surface area (Å²) in [5.74, 6) is -3.16. The van der Waals surface area contributed by atoms with Gasteiger partial charge in [-0.1, -0.05) is 30.3 Å². The summed E-state index contributed by atoms with van der Waals surface area (Å²) >= 11 is 0. The van der Waals surface area contributed by atoms with Gasteiger partial charge in [-0.15, -0.1) is 0 Å². The van der Waals surface area contributed by atoms with Crippen LogP contribution in [0.25, 0.3) is 0 Å². The lowest BCUT2D eigenvalue weighted by atomic mass is 9.89. The van der Waals surface area contributed by atoms with Gasteiger partial charge < -0.3 is 14.7 Å². The van der Waals surface area contributed by atoms with Crippen molar-refractivity contribution in [2.75, 3.05) is 18.6 Å². The highest BCUT2D eigenvalue weighted by Crippen LogP contribution is 2.41. The Labute approximate surface area is 196 Å². The van der Waals surface area contributed by atoms with Crippen LogP contribution in [0.3, 0.4) is 0 Å². The first-order chi connectivity index (χ1) is 16.4. The van der Waals surface area contributed by atoms with Gasteiger partial charge >= 0.3 is 24.1 Å². The van der Waals surface area contributed by atoms with Crippen LogP contribution in [0.4, 0.5) is 23.7 Å². The number of esters is 1. The summed E-state index contributed by atoms with van der Waals surface area (Å²) in [6.45, 7) is -0.699. The highest BCUT2D eigenvalue weighted by molar-refractivity contribution is 6.23. The number of hydrogen-bond donors (Lipinski definition) is 1. The number of carbonyl (C=O) groups excluding carboxylic acids is 3. The first-order valence-electron chi connectivity index (χ1n) is 10.1. The Morgan fingerprint density at radius 3 is 2.34 bits per heavy atom. The fraction of sp³-hybridized carbons (Fsp3) is 0.261. The van der Waals surface area contributed by atoms with E-state index >= 15 is 0 Å². The molecule has 1 atom stereocenters. The monoisotopic (exact) mass is 489 g/mol. The van der Waals surface area contributed by atoms with Gasteiger partial charge in [0.05, 0.1) is 35.7 Å². The van der Waals surface area contributed by atoms with Crippen molar-refractivity contribution in [3.63, 3.8) is 0 Å². The molecule has 0 aromatic heterocycles. The van der Waals surface area contributed by atoms with Crippen LogP contribution in [0, 0.1) is 11.3 Å². The smallest absolute Gasteiger partial charge is 0.417 e. The van der Waals surface area contributed by atoms with Crippen molar-refractivity contribution in [2.45, 2.75) is 24.6 Å². The average Bonchev–Trinajstić information content (AvgIpc) is 3.01. The van der Waals surface area contributed by atoms with Crippen molar-refractivity contribution in [3.8, 4) is 6.07 Å². The minimum absolute atomic E-state index is 0.221. The predicted molar refractivity (Wildman–Crippen MR) is 113 cm³/mol. The number of carboxylic acids is 1. The lowest BCUT2D eigenvalue weighted by Gasteiger charge is -2.32. The van der Waals surface area contributed by atoms with Crippen LogP contribution >= 0.6 is 0 Å². The molecule has 9 nitrogen and oxygen atoms in total. The number of ether oxygens (including phenoxy) is 1. The van der Waals surface area contributed by atoms with Crippen molar-refractivity contribution in [1.29, 1.82) is 5.26 Å². The molecule has 1 N–H and O–H groups in total. The maximum atomic E-state index is 13.7. The number of amides is 3. The third-order valence-electron chi connectivity index (χ3n) is 5.53. The van der Waals surface area contributed by atoms with E-state index in [2.05, 4.69) is 0 Å². The number of nitriles is 1. The molecule has 0 spiro atoms. The molecule has 1 heterocycles. The number of rotatable bonds is 7. The third-order valence-corrected chi connectivity index (χ3v) is 5.53. The van der Waals surface area contributed by atoms with Crippen LogP contribution in [-0.4, -0.2) is 47.5 Å². The Balaban J connectivity index is 2.07. The lowest BCUT2D eigenvalue weighted by Crippen LogP contribution is -2.49. The van der Waals surface area contributed by atoms with Crippen molar-refractivity contribution in [2.24, 2.45) is 0 Å². The molecule has 3 amide bonds. The second-order valence-electron chi connectivity index (χ2n) is 7.60. The number of benzene rings is 2. The fourth-order valence-corrected chi connectivity index (χ4v) is 3.70. The van der Waals surface area contributed by atoms with E-state index in [9.17, 15) is 32.3 Å². The van der Waals surface area contributed by atoms with E-state index in [4.69, 9.17) is 15.1 Å². The third kappa shape index (κ3) is 4.65. The number of urea groups is 1. The first kappa shape index (κ1) is 25.2. The van der Waals surface area contributed by atoms with Gasteiger partial charge in [0.15, 0.2) is 5.54 Å². The molecule has 182 valence electrons. The number of alkyl halides is 3. The highest BCUT2D eigenvalue weighted by Gasteiger charge is 2.58. The Morgan fingerprint density at radius 1 is 1.11 bits per heavy atom. The zero-order valence-corrected chi connectivity index (χ0v) is 18.2.